The van der Waals surface area contributed by atoms with Crippen LogP contribution in [0.25, 0.3) is 6.08 Å². The summed E-state index contributed by atoms with van der Waals surface area (Å²) in [6, 6.07) is 15.8. The highest BCUT2D eigenvalue weighted by molar-refractivity contribution is 6.08. The number of benzene rings is 2. The summed E-state index contributed by atoms with van der Waals surface area (Å²) in [5.74, 6) is 0.0798. The molecule has 2 nitrogen and oxygen atoms in total. The van der Waals surface area contributed by atoms with Gasteiger partial charge >= 0.3 is 0 Å². The second kappa shape index (κ2) is 4.73. The number of anilines is 1. The summed E-state index contributed by atoms with van der Waals surface area (Å²) in [7, 11) is 0. The average molecular weight is 249 g/mol. The van der Waals surface area contributed by atoms with Crippen molar-refractivity contribution in [3.05, 3.63) is 71.8 Å². The minimum Gasteiger partial charge on any atom is -0.308 e. The van der Waals surface area contributed by atoms with E-state index in [0.29, 0.717) is 0 Å². The van der Waals surface area contributed by atoms with Crippen LogP contribution in [0.15, 0.2) is 55.1 Å². The van der Waals surface area contributed by atoms with Crippen molar-refractivity contribution in [3.8, 4) is 0 Å². The third-order valence-corrected chi connectivity index (χ3v) is 3.52. The number of carbonyl (C=O) groups is 1. The second-order valence-electron chi connectivity index (χ2n) is 4.66. The molecule has 19 heavy (non-hydrogen) atoms. The van der Waals surface area contributed by atoms with E-state index < -0.39 is 0 Å². The van der Waals surface area contributed by atoms with Gasteiger partial charge in [-0.2, -0.15) is 0 Å². The molecule has 0 spiro atoms. The molecular weight excluding hydrogens is 234 g/mol. The summed E-state index contributed by atoms with van der Waals surface area (Å²) < 4.78 is 0. The highest BCUT2D eigenvalue weighted by Crippen LogP contribution is 2.25. The van der Waals surface area contributed by atoms with Gasteiger partial charge < -0.3 is 4.90 Å². The molecule has 0 fully saturated rings. The predicted octanol–water partition coefficient (Wildman–Crippen LogP) is 3.53. The number of fused-ring (bicyclic) bond motifs is 1. The quantitative estimate of drug-likeness (QED) is 0.797. The van der Waals surface area contributed by atoms with Crippen LogP contribution in [-0.4, -0.2) is 12.5 Å². The Kier molecular flexibility index (Phi) is 2.92. The summed E-state index contributed by atoms with van der Waals surface area (Å²) >= 11 is 0. The van der Waals surface area contributed by atoms with Gasteiger partial charge in [0.2, 0.25) is 0 Å². The monoisotopic (exact) mass is 249 g/mol. The van der Waals surface area contributed by atoms with Crippen LogP contribution in [0.5, 0.6) is 0 Å². The third kappa shape index (κ3) is 2.06. The van der Waals surface area contributed by atoms with Gasteiger partial charge in [0, 0.05) is 17.8 Å². The molecule has 3 rings (SSSR count). The molecule has 0 atom stereocenters. The molecule has 1 heterocycles. The van der Waals surface area contributed by atoms with Crippen molar-refractivity contribution in [3.63, 3.8) is 0 Å². The molecule has 1 amide bonds. The highest BCUT2D eigenvalue weighted by Gasteiger charge is 2.25. The minimum atomic E-state index is 0.0798. The van der Waals surface area contributed by atoms with Crippen molar-refractivity contribution in [2.75, 3.05) is 11.4 Å². The number of hydrogen-bond donors (Lipinski definition) is 0. The van der Waals surface area contributed by atoms with E-state index in [2.05, 4.69) is 6.58 Å². The van der Waals surface area contributed by atoms with Gasteiger partial charge in [-0.05, 0) is 35.7 Å². The fraction of sp³-hybridized carbons (Fsp3) is 0.118. The number of carbonyl (C=O) groups excluding carboxylic acids is 1. The minimum absolute atomic E-state index is 0.0798. The van der Waals surface area contributed by atoms with Crippen LogP contribution in [0.2, 0.25) is 0 Å². The van der Waals surface area contributed by atoms with Gasteiger partial charge in [-0.3, -0.25) is 4.79 Å². The molecule has 94 valence electrons. The van der Waals surface area contributed by atoms with Crippen LogP contribution in [0.1, 0.15) is 21.5 Å². The first-order valence-electron chi connectivity index (χ1n) is 6.42. The molecule has 1 aliphatic heterocycles. The Morgan fingerprint density at radius 2 is 1.89 bits per heavy atom. The molecule has 1 aliphatic rings. The van der Waals surface area contributed by atoms with Crippen molar-refractivity contribution < 1.29 is 4.79 Å². The zero-order chi connectivity index (χ0) is 13.2. The van der Waals surface area contributed by atoms with Crippen LogP contribution in [0.3, 0.4) is 0 Å². The van der Waals surface area contributed by atoms with E-state index in [4.69, 9.17) is 0 Å². The molecule has 0 aliphatic carbocycles. The normalized spacial score (nSPS) is 14.1. The van der Waals surface area contributed by atoms with E-state index in [1.807, 2.05) is 53.4 Å². The number of para-hydroxylation sites is 1. The Morgan fingerprint density at radius 3 is 2.63 bits per heavy atom. The Bertz CT molecular complexity index is 631. The Labute approximate surface area is 113 Å². The summed E-state index contributed by atoms with van der Waals surface area (Å²) in [4.78, 5) is 14.4. The van der Waals surface area contributed by atoms with Crippen molar-refractivity contribution in [2.45, 2.75) is 6.42 Å². The Balaban J connectivity index is 2.02. The van der Waals surface area contributed by atoms with E-state index in [0.717, 1.165) is 35.3 Å². The van der Waals surface area contributed by atoms with Gasteiger partial charge in [0.25, 0.3) is 5.91 Å². The lowest BCUT2D eigenvalue weighted by Gasteiger charge is -2.28. The maximum Gasteiger partial charge on any atom is 0.258 e. The molecule has 2 heteroatoms. The zero-order valence-electron chi connectivity index (χ0n) is 10.7. The van der Waals surface area contributed by atoms with Crippen molar-refractivity contribution in [2.24, 2.45) is 0 Å². The van der Waals surface area contributed by atoms with Gasteiger partial charge in [0.15, 0.2) is 0 Å². The predicted molar refractivity (Wildman–Crippen MR) is 78.4 cm³/mol. The second-order valence-corrected chi connectivity index (χ2v) is 4.66. The lowest BCUT2D eigenvalue weighted by Crippen LogP contribution is -2.37. The summed E-state index contributed by atoms with van der Waals surface area (Å²) in [5, 5.41) is 0. The Morgan fingerprint density at radius 1 is 1.11 bits per heavy atom. The van der Waals surface area contributed by atoms with E-state index in [9.17, 15) is 4.79 Å². The summed E-state index contributed by atoms with van der Waals surface area (Å²) in [6.45, 7) is 4.50. The summed E-state index contributed by atoms with van der Waals surface area (Å²) in [5.41, 5.74) is 3.87. The zero-order valence-corrected chi connectivity index (χ0v) is 10.7. The molecule has 0 bridgehead atoms. The van der Waals surface area contributed by atoms with Crippen LogP contribution in [0.4, 0.5) is 5.69 Å². The lowest BCUT2D eigenvalue weighted by atomic mass is 9.96. The molecule has 0 N–H and O–H groups in total. The highest BCUT2D eigenvalue weighted by atomic mass is 16.2. The number of hydrogen-bond acceptors (Lipinski definition) is 1. The van der Waals surface area contributed by atoms with E-state index in [-0.39, 0.29) is 5.91 Å². The number of rotatable bonds is 2. The Hall–Kier alpha value is -2.35. The number of nitrogens with zero attached hydrogens (tertiary/aromatic N) is 1. The first-order valence-corrected chi connectivity index (χ1v) is 6.42. The van der Waals surface area contributed by atoms with Gasteiger partial charge in [-0.1, -0.05) is 43.0 Å². The van der Waals surface area contributed by atoms with E-state index in [1.54, 1.807) is 6.08 Å². The van der Waals surface area contributed by atoms with Crippen LogP contribution in [-0.2, 0) is 6.42 Å². The van der Waals surface area contributed by atoms with Gasteiger partial charge in [0.1, 0.15) is 0 Å². The molecule has 0 radical (unpaired) electrons. The SMILES string of the molecule is C=Cc1ccc2c(c1)C(=O)N(c1ccccc1)CC2. The van der Waals surface area contributed by atoms with Crippen molar-refractivity contribution in [1.29, 1.82) is 0 Å². The maximum atomic E-state index is 12.6. The lowest BCUT2D eigenvalue weighted by molar-refractivity contribution is 0.0980. The maximum absolute atomic E-state index is 12.6. The van der Waals surface area contributed by atoms with Crippen molar-refractivity contribution in [1.82, 2.24) is 0 Å². The smallest absolute Gasteiger partial charge is 0.258 e. The topological polar surface area (TPSA) is 20.3 Å². The molecule has 0 saturated carbocycles. The largest absolute Gasteiger partial charge is 0.308 e. The fourth-order valence-corrected chi connectivity index (χ4v) is 2.47. The van der Waals surface area contributed by atoms with Gasteiger partial charge in [0.05, 0.1) is 0 Å². The fourth-order valence-electron chi connectivity index (χ4n) is 2.47. The molecule has 2 aromatic rings. The molecule has 0 saturated heterocycles. The van der Waals surface area contributed by atoms with E-state index >= 15 is 0 Å². The molecular formula is C17H15NO. The molecule has 2 aromatic carbocycles. The third-order valence-electron chi connectivity index (χ3n) is 3.52. The first-order chi connectivity index (χ1) is 9.29. The molecule has 0 aromatic heterocycles. The van der Waals surface area contributed by atoms with Crippen LogP contribution < -0.4 is 4.90 Å². The van der Waals surface area contributed by atoms with Crippen LogP contribution >= 0.6 is 0 Å². The molecule has 0 unspecified atom stereocenters. The van der Waals surface area contributed by atoms with E-state index in [1.165, 1.54) is 0 Å². The van der Waals surface area contributed by atoms with Crippen molar-refractivity contribution >= 4 is 17.7 Å². The van der Waals surface area contributed by atoms with Gasteiger partial charge in [-0.25, -0.2) is 0 Å². The van der Waals surface area contributed by atoms with Gasteiger partial charge in [-0.15, -0.1) is 0 Å². The van der Waals surface area contributed by atoms with Crippen LogP contribution in [0, 0.1) is 0 Å². The number of amides is 1. The standard InChI is InChI=1S/C17H15NO/c1-2-13-8-9-14-10-11-18(17(19)16(14)12-13)15-6-4-3-5-7-15/h2-9,12H,1,10-11H2. The first kappa shape index (κ1) is 11.7. The average Bonchev–Trinajstić information content (AvgIpc) is 2.48. The summed E-state index contributed by atoms with van der Waals surface area (Å²) in [6.07, 6.45) is 2.67.